The van der Waals surface area contributed by atoms with Crippen molar-refractivity contribution in [2.45, 2.75) is 12.8 Å². The normalized spacial score (nSPS) is 15.5. The first-order valence-electron chi connectivity index (χ1n) is 8.34. The first kappa shape index (κ1) is 16.0. The van der Waals surface area contributed by atoms with Gasteiger partial charge in [-0.15, -0.1) is 0 Å². The molecule has 3 aromatic rings. The van der Waals surface area contributed by atoms with Gasteiger partial charge in [-0.2, -0.15) is 0 Å². The maximum Gasteiger partial charge on any atom is 0.232 e. The number of fused-ring (bicyclic) bond motifs is 1. The summed E-state index contributed by atoms with van der Waals surface area (Å²) in [5.41, 5.74) is 1.69. The van der Waals surface area contributed by atoms with Crippen molar-refractivity contribution in [1.29, 1.82) is 0 Å². The van der Waals surface area contributed by atoms with E-state index in [4.69, 9.17) is 21.3 Å². The van der Waals surface area contributed by atoms with Crippen LogP contribution in [0.2, 0.25) is 5.02 Å². The van der Waals surface area contributed by atoms with Crippen molar-refractivity contribution in [2.24, 2.45) is 5.92 Å². The van der Waals surface area contributed by atoms with Crippen LogP contribution in [-0.4, -0.2) is 39.6 Å². The standard InChI is InChI=1S/C18H18ClN5O/c19-14-1-2-15-16(9-14)22-10-17(23-15)24-7-3-13(4-8-24)12-25-18-11-20-5-6-21-18/h1-2,5-6,9-11,13H,3-4,7-8,12H2. The highest BCUT2D eigenvalue weighted by molar-refractivity contribution is 6.31. The number of nitrogens with zero attached hydrogens (tertiary/aromatic N) is 5. The Morgan fingerprint density at radius 1 is 1.08 bits per heavy atom. The predicted octanol–water partition coefficient (Wildman–Crippen LogP) is 3.37. The Morgan fingerprint density at radius 3 is 2.76 bits per heavy atom. The van der Waals surface area contributed by atoms with E-state index in [1.807, 2.05) is 24.4 Å². The highest BCUT2D eigenvalue weighted by Gasteiger charge is 2.21. The number of benzene rings is 1. The molecule has 0 amide bonds. The van der Waals surface area contributed by atoms with Crippen molar-refractivity contribution < 1.29 is 4.74 Å². The van der Waals surface area contributed by atoms with Crippen molar-refractivity contribution in [3.63, 3.8) is 0 Å². The van der Waals surface area contributed by atoms with Crippen LogP contribution in [-0.2, 0) is 0 Å². The van der Waals surface area contributed by atoms with E-state index in [0.717, 1.165) is 42.8 Å². The molecule has 0 aliphatic carbocycles. The van der Waals surface area contributed by atoms with E-state index in [0.29, 0.717) is 23.4 Å². The van der Waals surface area contributed by atoms with E-state index in [-0.39, 0.29) is 0 Å². The van der Waals surface area contributed by atoms with Crippen LogP contribution < -0.4 is 9.64 Å². The Labute approximate surface area is 150 Å². The van der Waals surface area contributed by atoms with Gasteiger partial charge < -0.3 is 9.64 Å². The lowest BCUT2D eigenvalue weighted by Gasteiger charge is -2.32. The van der Waals surface area contributed by atoms with Crippen molar-refractivity contribution in [3.05, 3.63) is 48.0 Å². The molecule has 1 aliphatic rings. The van der Waals surface area contributed by atoms with Crippen LogP contribution in [0.5, 0.6) is 5.88 Å². The van der Waals surface area contributed by atoms with Gasteiger partial charge in [0, 0.05) is 30.5 Å². The average molecular weight is 356 g/mol. The Hall–Kier alpha value is -2.47. The fraction of sp³-hybridized carbons (Fsp3) is 0.333. The minimum atomic E-state index is 0.519. The molecule has 1 aliphatic heterocycles. The highest BCUT2D eigenvalue weighted by atomic mass is 35.5. The first-order chi connectivity index (χ1) is 12.3. The van der Waals surface area contributed by atoms with Crippen LogP contribution in [0.4, 0.5) is 5.82 Å². The number of rotatable bonds is 4. The lowest BCUT2D eigenvalue weighted by molar-refractivity contribution is 0.215. The Balaban J connectivity index is 1.36. The molecule has 2 aromatic heterocycles. The van der Waals surface area contributed by atoms with Crippen molar-refractivity contribution in [3.8, 4) is 5.88 Å². The molecule has 4 rings (SSSR count). The van der Waals surface area contributed by atoms with E-state index in [1.165, 1.54) is 0 Å². The van der Waals surface area contributed by atoms with Crippen LogP contribution in [0.1, 0.15) is 12.8 Å². The highest BCUT2D eigenvalue weighted by Crippen LogP contribution is 2.24. The van der Waals surface area contributed by atoms with Crippen molar-refractivity contribution in [1.82, 2.24) is 19.9 Å². The SMILES string of the molecule is Clc1ccc2nc(N3CCC(COc4cnccn4)CC3)cnc2c1. The van der Waals surface area contributed by atoms with Crippen LogP contribution in [0.25, 0.3) is 11.0 Å². The Kier molecular flexibility index (Phi) is 4.61. The van der Waals surface area contributed by atoms with Crippen molar-refractivity contribution in [2.75, 3.05) is 24.6 Å². The number of halogens is 1. The summed E-state index contributed by atoms with van der Waals surface area (Å²) >= 11 is 6.00. The van der Waals surface area contributed by atoms with Crippen LogP contribution >= 0.6 is 11.6 Å². The molecule has 0 saturated carbocycles. The molecule has 0 atom stereocenters. The molecular formula is C18H18ClN5O. The zero-order valence-corrected chi connectivity index (χ0v) is 14.4. The third-order valence-electron chi connectivity index (χ3n) is 4.44. The summed E-state index contributed by atoms with van der Waals surface area (Å²) in [5, 5.41) is 0.679. The van der Waals surface area contributed by atoms with Gasteiger partial charge in [0.15, 0.2) is 0 Å². The summed E-state index contributed by atoms with van der Waals surface area (Å²) in [5.74, 6) is 2.03. The van der Waals surface area contributed by atoms with E-state index >= 15 is 0 Å². The van der Waals surface area contributed by atoms with Gasteiger partial charge in [-0.3, -0.25) is 9.97 Å². The monoisotopic (exact) mass is 355 g/mol. The Morgan fingerprint density at radius 2 is 1.96 bits per heavy atom. The molecule has 6 nitrogen and oxygen atoms in total. The number of hydrogen-bond acceptors (Lipinski definition) is 6. The number of aromatic nitrogens is 4. The van der Waals surface area contributed by atoms with Gasteiger partial charge in [0.1, 0.15) is 5.82 Å². The molecule has 0 spiro atoms. The second-order valence-electron chi connectivity index (χ2n) is 6.15. The van der Waals surface area contributed by atoms with Gasteiger partial charge in [-0.05, 0) is 37.0 Å². The third kappa shape index (κ3) is 3.79. The molecule has 1 aromatic carbocycles. The topological polar surface area (TPSA) is 64.0 Å². The van der Waals surface area contributed by atoms with Gasteiger partial charge >= 0.3 is 0 Å². The molecule has 0 unspecified atom stereocenters. The van der Waals surface area contributed by atoms with Crippen LogP contribution in [0.3, 0.4) is 0 Å². The largest absolute Gasteiger partial charge is 0.476 e. The van der Waals surface area contributed by atoms with E-state index in [2.05, 4.69) is 19.9 Å². The van der Waals surface area contributed by atoms with E-state index in [1.54, 1.807) is 18.6 Å². The molecule has 25 heavy (non-hydrogen) atoms. The smallest absolute Gasteiger partial charge is 0.232 e. The number of anilines is 1. The van der Waals surface area contributed by atoms with Gasteiger partial charge in [0.25, 0.3) is 0 Å². The maximum absolute atomic E-state index is 6.00. The quantitative estimate of drug-likeness (QED) is 0.715. The van der Waals surface area contributed by atoms with Gasteiger partial charge in [-0.25, -0.2) is 9.97 Å². The molecule has 1 fully saturated rings. The zero-order valence-electron chi connectivity index (χ0n) is 13.7. The summed E-state index contributed by atoms with van der Waals surface area (Å²) < 4.78 is 5.72. The zero-order chi connectivity index (χ0) is 17.1. The third-order valence-corrected chi connectivity index (χ3v) is 4.67. The molecule has 3 heterocycles. The van der Waals surface area contributed by atoms with Crippen LogP contribution in [0, 0.1) is 5.92 Å². The molecule has 128 valence electrons. The van der Waals surface area contributed by atoms with E-state index < -0.39 is 0 Å². The second-order valence-corrected chi connectivity index (χ2v) is 6.58. The number of piperidine rings is 1. The molecular weight excluding hydrogens is 338 g/mol. The summed E-state index contributed by atoms with van der Waals surface area (Å²) in [7, 11) is 0. The van der Waals surface area contributed by atoms with Gasteiger partial charge in [-0.1, -0.05) is 11.6 Å². The fourth-order valence-corrected chi connectivity index (χ4v) is 3.18. The average Bonchev–Trinajstić information content (AvgIpc) is 2.67. The molecule has 0 radical (unpaired) electrons. The maximum atomic E-state index is 6.00. The van der Waals surface area contributed by atoms with Crippen LogP contribution in [0.15, 0.2) is 43.0 Å². The van der Waals surface area contributed by atoms with Gasteiger partial charge in [0.05, 0.1) is 30.0 Å². The minimum Gasteiger partial charge on any atom is -0.476 e. The first-order valence-corrected chi connectivity index (χ1v) is 8.72. The number of hydrogen-bond donors (Lipinski definition) is 0. The molecule has 1 saturated heterocycles. The predicted molar refractivity (Wildman–Crippen MR) is 97.0 cm³/mol. The molecule has 7 heteroatoms. The molecule has 0 bridgehead atoms. The summed E-state index contributed by atoms with van der Waals surface area (Å²) in [6.07, 6.45) is 8.87. The summed E-state index contributed by atoms with van der Waals surface area (Å²) in [6.45, 7) is 2.57. The van der Waals surface area contributed by atoms with Crippen molar-refractivity contribution >= 4 is 28.5 Å². The summed E-state index contributed by atoms with van der Waals surface area (Å²) in [6, 6.07) is 5.60. The molecule has 0 N–H and O–H groups in total. The fourth-order valence-electron chi connectivity index (χ4n) is 3.02. The number of ether oxygens (including phenoxy) is 1. The lowest BCUT2D eigenvalue weighted by atomic mass is 9.98. The minimum absolute atomic E-state index is 0.519. The van der Waals surface area contributed by atoms with E-state index in [9.17, 15) is 0 Å². The van der Waals surface area contributed by atoms with Gasteiger partial charge in [0.2, 0.25) is 5.88 Å². The lowest BCUT2D eigenvalue weighted by Crippen LogP contribution is -2.36. The summed E-state index contributed by atoms with van der Waals surface area (Å²) in [4.78, 5) is 19.6. The second kappa shape index (κ2) is 7.19. The Bertz CT molecular complexity index is 852.